The number of nitrogens with one attached hydrogen (secondary N) is 1. The molecule has 3 atom stereocenters. The molecule has 6 heteroatoms. The first-order valence-electron chi connectivity index (χ1n) is 9.70. The number of nitrogens with zero attached hydrogens (tertiary/aromatic N) is 1. The van der Waals surface area contributed by atoms with Crippen molar-refractivity contribution in [2.75, 3.05) is 7.11 Å². The Balaban J connectivity index is 1.75. The summed E-state index contributed by atoms with van der Waals surface area (Å²) in [6, 6.07) is 23.5. The van der Waals surface area contributed by atoms with Crippen molar-refractivity contribution in [3.63, 3.8) is 0 Å². The number of hydrogen-bond acceptors (Lipinski definition) is 4. The molecule has 30 heavy (non-hydrogen) atoms. The molecule has 0 spiro atoms. The maximum Gasteiger partial charge on any atom is 0.241 e. The summed E-state index contributed by atoms with van der Waals surface area (Å²) in [6.07, 6.45) is 0. The van der Waals surface area contributed by atoms with E-state index in [1.807, 2.05) is 42.5 Å². The van der Waals surface area contributed by atoms with E-state index in [1.165, 1.54) is 24.3 Å². The molecule has 0 heterocycles. The summed E-state index contributed by atoms with van der Waals surface area (Å²) in [5, 5.41) is 8.96. The number of methoxy groups -OCH3 is 1. The molecule has 152 valence electrons. The average molecular weight is 419 g/mol. The van der Waals surface area contributed by atoms with E-state index in [-0.39, 0.29) is 16.7 Å². The van der Waals surface area contributed by atoms with Crippen LogP contribution in [-0.4, -0.2) is 15.5 Å². The number of ether oxygens (including phenoxy) is 1. The minimum absolute atomic E-state index is 0.00247. The van der Waals surface area contributed by atoms with Crippen LogP contribution in [0.5, 0.6) is 5.75 Å². The summed E-state index contributed by atoms with van der Waals surface area (Å²) in [4.78, 5) is 0.140. The zero-order valence-corrected chi connectivity index (χ0v) is 17.6. The van der Waals surface area contributed by atoms with Gasteiger partial charge in [0.2, 0.25) is 10.0 Å². The summed E-state index contributed by atoms with van der Waals surface area (Å²) in [6.45, 7) is 2.07. The Bertz CT molecular complexity index is 1200. The van der Waals surface area contributed by atoms with Crippen molar-refractivity contribution in [1.82, 2.24) is 4.72 Å². The van der Waals surface area contributed by atoms with E-state index in [2.05, 4.69) is 23.8 Å². The highest BCUT2D eigenvalue weighted by Gasteiger charge is 2.41. The van der Waals surface area contributed by atoms with Crippen molar-refractivity contribution < 1.29 is 13.2 Å². The number of sulfonamides is 1. The fourth-order valence-corrected chi connectivity index (χ4v) is 5.56. The van der Waals surface area contributed by atoms with Crippen LogP contribution in [0.25, 0.3) is 0 Å². The average Bonchev–Trinajstić information content (AvgIpc) is 3.04. The van der Waals surface area contributed by atoms with Crippen LogP contribution in [0.4, 0.5) is 0 Å². The lowest BCUT2D eigenvalue weighted by molar-refractivity contribution is 0.411. The second-order valence-electron chi connectivity index (χ2n) is 7.48. The first-order valence-corrected chi connectivity index (χ1v) is 11.2. The smallest absolute Gasteiger partial charge is 0.241 e. The number of fused-ring (bicyclic) bond motifs is 1. The second kappa shape index (κ2) is 7.94. The molecule has 1 aliphatic carbocycles. The quantitative estimate of drug-likeness (QED) is 0.667. The third-order valence-corrected chi connectivity index (χ3v) is 7.21. The second-order valence-corrected chi connectivity index (χ2v) is 9.19. The van der Waals surface area contributed by atoms with E-state index in [9.17, 15) is 8.42 Å². The van der Waals surface area contributed by atoms with Crippen LogP contribution >= 0.6 is 0 Å². The molecule has 1 N–H and O–H groups in total. The van der Waals surface area contributed by atoms with Gasteiger partial charge in [-0.15, -0.1) is 0 Å². The minimum Gasteiger partial charge on any atom is -0.497 e. The van der Waals surface area contributed by atoms with Crippen LogP contribution in [0.3, 0.4) is 0 Å². The van der Waals surface area contributed by atoms with E-state index in [0.717, 1.165) is 16.7 Å². The van der Waals surface area contributed by atoms with Crippen LogP contribution in [0.1, 0.15) is 41.1 Å². The molecule has 3 aromatic carbocycles. The lowest BCUT2D eigenvalue weighted by atomic mass is 9.86. The van der Waals surface area contributed by atoms with E-state index < -0.39 is 16.1 Å². The van der Waals surface area contributed by atoms with Gasteiger partial charge < -0.3 is 4.74 Å². The van der Waals surface area contributed by atoms with Gasteiger partial charge in [-0.05, 0) is 59.0 Å². The molecule has 0 unspecified atom stereocenters. The van der Waals surface area contributed by atoms with Crippen molar-refractivity contribution >= 4 is 10.0 Å². The number of hydrogen-bond donors (Lipinski definition) is 1. The molecular weight excluding hydrogens is 396 g/mol. The third kappa shape index (κ3) is 3.58. The minimum atomic E-state index is -3.77. The Kier molecular flexibility index (Phi) is 5.33. The molecule has 0 radical (unpaired) electrons. The lowest BCUT2D eigenvalue weighted by Gasteiger charge is -2.23. The normalized spacial score (nSPS) is 20.4. The largest absolute Gasteiger partial charge is 0.497 e. The fraction of sp³-hybridized carbons (Fsp3) is 0.208. The first-order chi connectivity index (χ1) is 14.4. The van der Waals surface area contributed by atoms with Crippen molar-refractivity contribution in [3.05, 3.63) is 95.1 Å². The van der Waals surface area contributed by atoms with Gasteiger partial charge in [0.15, 0.2) is 0 Å². The van der Waals surface area contributed by atoms with Crippen LogP contribution in [0.2, 0.25) is 0 Å². The standard InChI is InChI=1S/C24H22N2O3S/c1-16-23(18-6-4-3-5-7-18)21-13-10-19(29-2)14-22(21)24(16)26-30(27,28)20-11-8-17(15-25)9-12-20/h3-14,16,23-24,26H,1-2H3/t16-,23+,24+/m1/s1. The SMILES string of the molecule is COc1ccc2c(c1)[C@@H](NS(=O)(=O)c1ccc(C#N)cc1)[C@H](C)[C@H]2c1ccccc1. The summed E-state index contributed by atoms with van der Waals surface area (Å²) in [7, 11) is -2.17. The van der Waals surface area contributed by atoms with Gasteiger partial charge in [0.25, 0.3) is 0 Å². The van der Waals surface area contributed by atoms with Gasteiger partial charge in [0.05, 0.1) is 29.7 Å². The highest BCUT2D eigenvalue weighted by Crippen LogP contribution is 2.49. The topological polar surface area (TPSA) is 79.2 Å². The molecule has 0 amide bonds. The van der Waals surface area contributed by atoms with Crippen LogP contribution < -0.4 is 9.46 Å². The van der Waals surface area contributed by atoms with Gasteiger partial charge in [-0.3, -0.25) is 0 Å². The van der Waals surface area contributed by atoms with E-state index in [0.29, 0.717) is 11.3 Å². The van der Waals surface area contributed by atoms with Gasteiger partial charge in [-0.2, -0.15) is 5.26 Å². The molecule has 4 rings (SSSR count). The van der Waals surface area contributed by atoms with Gasteiger partial charge in [-0.1, -0.05) is 43.3 Å². The third-order valence-electron chi connectivity index (χ3n) is 5.75. The highest BCUT2D eigenvalue weighted by molar-refractivity contribution is 7.89. The highest BCUT2D eigenvalue weighted by atomic mass is 32.2. The zero-order valence-electron chi connectivity index (χ0n) is 16.7. The molecule has 0 aliphatic heterocycles. The lowest BCUT2D eigenvalue weighted by Crippen LogP contribution is -2.31. The Hall–Kier alpha value is -3.14. The van der Waals surface area contributed by atoms with E-state index in [4.69, 9.17) is 10.00 Å². The Morgan fingerprint density at radius 3 is 2.30 bits per heavy atom. The molecule has 0 bridgehead atoms. The maximum atomic E-state index is 13.1. The molecule has 0 saturated heterocycles. The number of benzene rings is 3. The number of nitriles is 1. The van der Waals surface area contributed by atoms with Crippen LogP contribution in [0.15, 0.2) is 77.7 Å². The predicted molar refractivity (Wildman–Crippen MR) is 115 cm³/mol. The molecule has 1 aliphatic rings. The zero-order chi connectivity index (χ0) is 21.3. The van der Waals surface area contributed by atoms with Gasteiger partial charge in [0, 0.05) is 5.92 Å². The van der Waals surface area contributed by atoms with Crippen molar-refractivity contribution in [1.29, 1.82) is 5.26 Å². The van der Waals surface area contributed by atoms with E-state index in [1.54, 1.807) is 7.11 Å². The Morgan fingerprint density at radius 1 is 0.967 bits per heavy atom. The molecule has 3 aromatic rings. The summed E-state index contributed by atoms with van der Waals surface area (Å²) in [5.74, 6) is 0.765. The Labute approximate surface area is 177 Å². The molecule has 0 fully saturated rings. The summed E-state index contributed by atoms with van der Waals surface area (Å²) in [5.41, 5.74) is 3.59. The monoisotopic (exact) mass is 418 g/mol. The Morgan fingerprint density at radius 2 is 1.67 bits per heavy atom. The van der Waals surface area contributed by atoms with Crippen molar-refractivity contribution in [2.24, 2.45) is 5.92 Å². The van der Waals surface area contributed by atoms with Gasteiger partial charge in [0.1, 0.15) is 5.75 Å². The molecule has 0 saturated carbocycles. The first kappa shape index (κ1) is 20.1. The van der Waals surface area contributed by atoms with Crippen LogP contribution in [0, 0.1) is 17.2 Å². The molecule has 0 aromatic heterocycles. The maximum absolute atomic E-state index is 13.1. The van der Waals surface area contributed by atoms with Gasteiger partial charge >= 0.3 is 0 Å². The van der Waals surface area contributed by atoms with Gasteiger partial charge in [-0.25, -0.2) is 13.1 Å². The van der Waals surface area contributed by atoms with E-state index >= 15 is 0 Å². The predicted octanol–water partition coefficient (Wildman–Crippen LogP) is 4.37. The molecule has 5 nitrogen and oxygen atoms in total. The summed E-state index contributed by atoms with van der Waals surface area (Å²) >= 11 is 0. The number of rotatable bonds is 5. The van der Waals surface area contributed by atoms with Crippen LogP contribution in [-0.2, 0) is 10.0 Å². The van der Waals surface area contributed by atoms with Crippen molar-refractivity contribution in [3.8, 4) is 11.8 Å². The summed E-state index contributed by atoms with van der Waals surface area (Å²) < 4.78 is 34.5. The fourth-order valence-electron chi connectivity index (χ4n) is 4.25. The van der Waals surface area contributed by atoms with Crippen molar-refractivity contribution in [2.45, 2.75) is 23.8 Å². The molecular formula is C24H22N2O3S.